The third kappa shape index (κ3) is 3.22. The van der Waals surface area contributed by atoms with Gasteiger partial charge < -0.3 is 24.4 Å². The van der Waals surface area contributed by atoms with Gasteiger partial charge in [-0.1, -0.05) is 25.1 Å². The van der Waals surface area contributed by atoms with Crippen LogP contribution >= 0.6 is 0 Å². The summed E-state index contributed by atoms with van der Waals surface area (Å²) in [7, 11) is 0. The number of benzene rings is 1. The first-order valence-corrected chi connectivity index (χ1v) is 13.7. The minimum atomic E-state index is -2.35. The average molecular weight is 563 g/mol. The molecule has 4 fully saturated rings. The SMILES string of the molecule is CCOc1cccc([C@@H]2O[C@@H]3C[C@H]4[C@@H]5C[C@H](F)C6=CC(=O)C=C[C@]6(C)[C@@]5(F)[C@@H](O)C[C@]4(C)[C@]3(C(=O)CO)O2)c1F. The molecule has 4 aliphatic carbocycles. The molecule has 0 unspecified atom stereocenters. The van der Waals surface area contributed by atoms with E-state index < -0.39 is 82.6 Å². The van der Waals surface area contributed by atoms with Crippen LogP contribution in [0.5, 0.6) is 5.75 Å². The first-order valence-electron chi connectivity index (χ1n) is 13.7. The number of ether oxygens (including phenoxy) is 3. The molecule has 3 saturated carbocycles. The highest BCUT2D eigenvalue weighted by Gasteiger charge is 2.80. The fourth-order valence-corrected chi connectivity index (χ4v) is 8.68. The number of rotatable bonds is 5. The van der Waals surface area contributed by atoms with Crippen molar-refractivity contribution in [3.8, 4) is 5.75 Å². The third-order valence-corrected chi connectivity index (χ3v) is 10.5. The number of hydrogen-bond acceptors (Lipinski definition) is 7. The van der Waals surface area contributed by atoms with Crippen LogP contribution in [0.15, 0.2) is 42.0 Å². The van der Waals surface area contributed by atoms with E-state index in [2.05, 4.69) is 0 Å². The van der Waals surface area contributed by atoms with Crippen molar-refractivity contribution in [2.24, 2.45) is 22.7 Å². The summed E-state index contributed by atoms with van der Waals surface area (Å²) < 4.78 is 66.3. The number of Topliss-reactive ketones (excluding diaryl/α,β-unsaturated/α-hetero) is 1. The number of aliphatic hydroxyl groups is 2. The lowest BCUT2D eigenvalue weighted by Crippen LogP contribution is -2.70. The Hall–Kier alpha value is -2.53. The summed E-state index contributed by atoms with van der Waals surface area (Å²) in [5.41, 5.74) is -7.05. The van der Waals surface area contributed by atoms with Crippen LogP contribution in [0.3, 0.4) is 0 Å². The third-order valence-electron chi connectivity index (χ3n) is 10.5. The number of ketones is 2. The maximum atomic E-state index is 17.4. The quantitative estimate of drug-likeness (QED) is 0.562. The lowest BCUT2D eigenvalue weighted by molar-refractivity contribution is -0.235. The van der Waals surface area contributed by atoms with E-state index in [1.165, 1.54) is 31.2 Å². The van der Waals surface area contributed by atoms with Gasteiger partial charge in [-0.05, 0) is 62.8 Å². The van der Waals surface area contributed by atoms with Crippen molar-refractivity contribution in [2.75, 3.05) is 13.2 Å². The highest BCUT2D eigenvalue weighted by molar-refractivity contribution is 6.01. The largest absolute Gasteiger partial charge is 0.491 e. The summed E-state index contributed by atoms with van der Waals surface area (Å²) in [4.78, 5) is 25.6. The lowest BCUT2D eigenvalue weighted by Gasteiger charge is -2.63. The van der Waals surface area contributed by atoms with Crippen LogP contribution in [0.1, 0.15) is 51.9 Å². The number of aliphatic hydroxyl groups excluding tert-OH is 2. The van der Waals surface area contributed by atoms with E-state index >= 15 is 13.2 Å². The molecule has 0 aromatic heterocycles. The molecule has 1 aromatic rings. The maximum Gasteiger partial charge on any atom is 0.193 e. The Balaban J connectivity index is 1.43. The first-order chi connectivity index (χ1) is 18.9. The predicted molar refractivity (Wildman–Crippen MR) is 135 cm³/mol. The molecule has 1 aromatic carbocycles. The van der Waals surface area contributed by atoms with Crippen molar-refractivity contribution < 1.29 is 47.2 Å². The van der Waals surface area contributed by atoms with Gasteiger partial charge in [0.15, 0.2) is 40.7 Å². The molecule has 40 heavy (non-hydrogen) atoms. The molecule has 2 N–H and O–H groups in total. The minimum absolute atomic E-state index is 0.00189. The van der Waals surface area contributed by atoms with Crippen LogP contribution in [0.4, 0.5) is 13.2 Å². The Morgan fingerprint density at radius 3 is 2.67 bits per heavy atom. The van der Waals surface area contributed by atoms with Crippen LogP contribution in [-0.2, 0) is 19.1 Å². The summed E-state index contributed by atoms with van der Waals surface area (Å²) in [5.74, 6) is -3.65. The highest BCUT2D eigenvalue weighted by atomic mass is 19.1. The summed E-state index contributed by atoms with van der Waals surface area (Å²) in [5, 5.41) is 21.6. The van der Waals surface area contributed by atoms with Crippen LogP contribution in [0, 0.1) is 28.5 Å². The Morgan fingerprint density at radius 2 is 1.98 bits per heavy atom. The first kappa shape index (κ1) is 27.6. The monoisotopic (exact) mass is 562 g/mol. The number of halogens is 3. The fourth-order valence-electron chi connectivity index (χ4n) is 8.68. The second-order valence-electron chi connectivity index (χ2n) is 12.1. The molecule has 5 aliphatic rings. The number of carbonyl (C=O) groups is 2. The summed E-state index contributed by atoms with van der Waals surface area (Å²) >= 11 is 0. The molecule has 7 nitrogen and oxygen atoms in total. The molecular formula is C30H33F3O7. The molecule has 0 amide bonds. The van der Waals surface area contributed by atoms with Gasteiger partial charge in [0, 0.05) is 22.3 Å². The van der Waals surface area contributed by atoms with E-state index in [0.717, 1.165) is 6.08 Å². The van der Waals surface area contributed by atoms with Crippen LogP contribution < -0.4 is 4.74 Å². The van der Waals surface area contributed by atoms with E-state index in [4.69, 9.17) is 14.2 Å². The molecular weight excluding hydrogens is 529 g/mol. The zero-order valence-electron chi connectivity index (χ0n) is 22.5. The lowest BCUT2D eigenvalue weighted by atomic mass is 9.44. The molecule has 1 saturated heterocycles. The molecule has 0 radical (unpaired) electrons. The molecule has 216 valence electrons. The molecule has 6 rings (SSSR count). The number of hydrogen-bond donors (Lipinski definition) is 2. The average Bonchev–Trinajstić information content (AvgIpc) is 3.41. The molecule has 1 aliphatic heterocycles. The zero-order chi connectivity index (χ0) is 28.8. The fraction of sp³-hybridized carbons (Fsp3) is 0.600. The van der Waals surface area contributed by atoms with Crippen LogP contribution in [-0.4, -0.2) is 64.6 Å². The standard InChI is InChI=1S/C30H33F3O7/c1-4-38-21-7-5-6-16(25(21)32)26-39-24-12-17-18-11-20(31)19-10-15(35)8-9-27(19,2)29(18,33)22(36)13-28(17,3)30(24,40-26)23(37)14-34/h5-10,17-18,20,22,24,26,34,36H,4,11-14H2,1-3H3/t17-,18-,20-,22-,24+,26+,27-,28-,29-,30+/m0/s1. The normalized spacial score (nSPS) is 45.3. The summed E-state index contributed by atoms with van der Waals surface area (Å²) in [6.07, 6.45) is -2.48. The Bertz CT molecular complexity index is 1330. The summed E-state index contributed by atoms with van der Waals surface area (Å²) in [6.45, 7) is 4.18. The van der Waals surface area contributed by atoms with Crippen molar-refractivity contribution >= 4 is 11.6 Å². The molecule has 10 atom stereocenters. The van der Waals surface area contributed by atoms with Gasteiger partial charge in [0.05, 0.1) is 18.8 Å². The van der Waals surface area contributed by atoms with Gasteiger partial charge in [-0.25, -0.2) is 13.2 Å². The molecule has 10 heteroatoms. The smallest absolute Gasteiger partial charge is 0.193 e. The van der Waals surface area contributed by atoms with Crippen molar-refractivity contribution in [1.29, 1.82) is 0 Å². The Kier molecular flexibility index (Phi) is 6.20. The van der Waals surface area contributed by atoms with E-state index in [1.807, 2.05) is 0 Å². The second-order valence-corrected chi connectivity index (χ2v) is 12.1. The maximum absolute atomic E-state index is 17.4. The number of fused-ring (bicyclic) bond motifs is 7. The van der Waals surface area contributed by atoms with Crippen LogP contribution in [0.25, 0.3) is 0 Å². The van der Waals surface area contributed by atoms with E-state index in [-0.39, 0.29) is 42.8 Å². The van der Waals surface area contributed by atoms with Gasteiger partial charge in [-0.3, -0.25) is 9.59 Å². The molecule has 1 heterocycles. The minimum Gasteiger partial charge on any atom is -0.491 e. The molecule has 0 bridgehead atoms. The van der Waals surface area contributed by atoms with Crippen molar-refractivity contribution in [2.45, 2.75) is 76.0 Å². The van der Waals surface area contributed by atoms with E-state index in [1.54, 1.807) is 19.9 Å². The second kappa shape index (κ2) is 8.98. The Labute approximate surface area is 230 Å². The van der Waals surface area contributed by atoms with Gasteiger partial charge in [0.25, 0.3) is 0 Å². The van der Waals surface area contributed by atoms with Crippen molar-refractivity contribution in [3.05, 3.63) is 53.4 Å². The zero-order valence-corrected chi connectivity index (χ0v) is 22.5. The van der Waals surface area contributed by atoms with Gasteiger partial charge >= 0.3 is 0 Å². The van der Waals surface area contributed by atoms with Crippen molar-refractivity contribution in [1.82, 2.24) is 0 Å². The van der Waals surface area contributed by atoms with Gasteiger partial charge in [0.2, 0.25) is 0 Å². The highest BCUT2D eigenvalue weighted by Crippen LogP contribution is 2.72. The number of carbonyl (C=O) groups excluding carboxylic acids is 2. The molecule has 0 spiro atoms. The number of alkyl halides is 2. The van der Waals surface area contributed by atoms with Crippen molar-refractivity contribution in [3.63, 3.8) is 0 Å². The van der Waals surface area contributed by atoms with E-state index in [0.29, 0.717) is 0 Å². The van der Waals surface area contributed by atoms with Gasteiger partial charge in [-0.15, -0.1) is 0 Å². The summed E-state index contributed by atoms with van der Waals surface area (Å²) in [6, 6.07) is 4.47. The topological polar surface area (TPSA) is 102 Å². The van der Waals surface area contributed by atoms with E-state index in [9.17, 15) is 19.8 Å². The number of allylic oxidation sites excluding steroid dienone is 4. The van der Waals surface area contributed by atoms with Gasteiger partial charge in [-0.2, -0.15) is 0 Å². The predicted octanol–water partition coefficient (Wildman–Crippen LogP) is 3.87. The van der Waals surface area contributed by atoms with Gasteiger partial charge in [0.1, 0.15) is 12.8 Å². The Morgan fingerprint density at radius 1 is 1.23 bits per heavy atom. The van der Waals surface area contributed by atoms with Crippen LogP contribution in [0.2, 0.25) is 0 Å².